The predicted octanol–water partition coefficient (Wildman–Crippen LogP) is 3.29. The molecule has 0 aliphatic heterocycles. The molecular formula is C17H25IN4OS. The molecule has 7 heteroatoms. The summed E-state index contributed by atoms with van der Waals surface area (Å²) in [6.07, 6.45) is 0.875. The van der Waals surface area contributed by atoms with Gasteiger partial charge in [0.1, 0.15) is 10.8 Å². The van der Waals surface area contributed by atoms with Gasteiger partial charge in [-0.15, -0.1) is 35.3 Å². The van der Waals surface area contributed by atoms with Gasteiger partial charge in [-0.2, -0.15) is 0 Å². The highest BCUT2D eigenvalue weighted by Gasteiger charge is 2.05. The summed E-state index contributed by atoms with van der Waals surface area (Å²) in [6.45, 7) is 5.61. The SMILES string of the molecule is CN=C(NCCc1ccccc1OC)NCc1nc(C)c(C)s1.I. The highest BCUT2D eigenvalue weighted by molar-refractivity contribution is 14.0. The highest BCUT2D eigenvalue weighted by atomic mass is 127. The third-order valence-electron chi connectivity index (χ3n) is 3.58. The van der Waals surface area contributed by atoms with Gasteiger partial charge in [-0.25, -0.2) is 4.98 Å². The fourth-order valence-corrected chi connectivity index (χ4v) is 3.09. The summed E-state index contributed by atoms with van der Waals surface area (Å²) in [5, 5.41) is 7.69. The largest absolute Gasteiger partial charge is 0.496 e. The van der Waals surface area contributed by atoms with Crippen molar-refractivity contribution in [1.82, 2.24) is 15.6 Å². The third-order valence-corrected chi connectivity index (χ3v) is 4.66. The van der Waals surface area contributed by atoms with Gasteiger partial charge < -0.3 is 15.4 Å². The van der Waals surface area contributed by atoms with Crippen LogP contribution in [-0.2, 0) is 13.0 Å². The van der Waals surface area contributed by atoms with Crippen LogP contribution < -0.4 is 15.4 Å². The number of methoxy groups -OCH3 is 1. The quantitative estimate of drug-likeness (QED) is 0.395. The van der Waals surface area contributed by atoms with Crippen LogP contribution in [0, 0.1) is 13.8 Å². The van der Waals surface area contributed by atoms with Gasteiger partial charge in [0, 0.05) is 18.5 Å². The fourth-order valence-electron chi connectivity index (χ4n) is 2.22. The van der Waals surface area contributed by atoms with Crippen LogP contribution in [-0.4, -0.2) is 31.6 Å². The van der Waals surface area contributed by atoms with Gasteiger partial charge in [0.2, 0.25) is 0 Å². The third kappa shape index (κ3) is 5.94. The molecule has 2 rings (SSSR count). The second kappa shape index (κ2) is 10.5. The summed E-state index contributed by atoms with van der Waals surface area (Å²) in [7, 11) is 3.47. The van der Waals surface area contributed by atoms with Gasteiger partial charge in [0.25, 0.3) is 0 Å². The van der Waals surface area contributed by atoms with Crippen molar-refractivity contribution in [2.75, 3.05) is 20.7 Å². The molecule has 0 spiro atoms. The first kappa shape index (κ1) is 20.7. The average molecular weight is 460 g/mol. The molecule has 0 aliphatic rings. The molecule has 2 N–H and O–H groups in total. The van der Waals surface area contributed by atoms with Gasteiger partial charge in [0.15, 0.2) is 5.96 Å². The maximum Gasteiger partial charge on any atom is 0.191 e. The van der Waals surface area contributed by atoms with Crippen LogP contribution in [0.5, 0.6) is 5.75 Å². The monoisotopic (exact) mass is 460 g/mol. The number of aryl methyl sites for hydroxylation is 2. The number of thiazole rings is 1. The van der Waals surface area contributed by atoms with E-state index in [1.807, 2.05) is 25.1 Å². The number of nitrogens with one attached hydrogen (secondary N) is 2. The van der Waals surface area contributed by atoms with Crippen LogP contribution in [0.1, 0.15) is 21.1 Å². The van der Waals surface area contributed by atoms with Gasteiger partial charge in [-0.3, -0.25) is 4.99 Å². The summed E-state index contributed by atoms with van der Waals surface area (Å²) < 4.78 is 5.37. The predicted molar refractivity (Wildman–Crippen MR) is 112 cm³/mol. The molecule has 132 valence electrons. The summed E-state index contributed by atoms with van der Waals surface area (Å²) in [5.41, 5.74) is 2.29. The Morgan fingerprint density at radius 2 is 2.00 bits per heavy atom. The second-order valence-corrected chi connectivity index (χ2v) is 6.45. The number of hydrogen-bond donors (Lipinski definition) is 2. The van der Waals surface area contributed by atoms with E-state index in [0.29, 0.717) is 6.54 Å². The molecule has 0 fully saturated rings. The van der Waals surface area contributed by atoms with Gasteiger partial charge in [-0.05, 0) is 31.9 Å². The van der Waals surface area contributed by atoms with Crippen LogP contribution in [0.15, 0.2) is 29.3 Å². The molecule has 24 heavy (non-hydrogen) atoms. The molecule has 1 aromatic carbocycles. The Hall–Kier alpha value is -1.35. The van der Waals surface area contributed by atoms with Crippen molar-refractivity contribution < 1.29 is 4.74 Å². The molecule has 1 aromatic heterocycles. The molecule has 0 radical (unpaired) electrons. The maximum absolute atomic E-state index is 5.37. The van der Waals surface area contributed by atoms with Crippen LogP contribution in [0.4, 0.5) is 0 Å². The Bertz CT molecular complexity index is 653. The van der Waals surface area contributed by atoms with Crippen LogP contribution in [0.25, 0.3) is 0 Å². The smallest absolute Gasteiger partial charge is 0.191 e. The van der Waals surface area contributed by atoms with Crippen molar-refractivity contribution in [3.8, 4) is 5.75 Å². The van der Waals surface area contributed by atoms with E-state index in [2.05, 4.69) is 33.6 Å². The maximum atomic E-state index is 5.37. The van der Waals surface area contributed by atoms with Gasteiger partial charge >= 0.3 is 0 Å². The van der Waals surface area contributed by atoms with Crippen LogP contribution >= 0.6 is 35.3 Å². The van der Waals surface area contributed by atoms with E-state index in [-0.39, 0.29) is 24.0 Å². The number of aliphatic imine (C=N–C) groups is 1. The molecule has 0 atom stereocenters. The Balaban J connectivity index is 0.00000288. The molecule has 0 unspecified atom stereocenters. The first-order valence-electron chi connectivity index (χ1n) is 7.63. The van der Waals surface area contributed by atoms with Crippen molar-refractivity contribution in [3.05, 3.63) is 45.4 Å². The summed E-state index contributed by atoms with van der Waals surface area (Å²) in [4.78, 5) is 10.0. The number of halogens is 1. The van der Waals surface area contributed by atoms with Crippen molar-refractivity contribution in [2.24, 2.45) is 4.99 Å². The average Bonchev–Trinajstić information content (AvgIpc) is 2.89. The summed E-state index contributed by atoms with van der Waals surface area (Å²) >= 11 is 1.72. The first-order valence-corrected chi connectivity index (χ1v) is 8.45. The van der Waals surface area contributed by atoms with E-state index in [1.54, 1.807) is 25.5 Å². The summed E-state index contributed by atoms with van der Waals surface area (Å²) in [5.74, 6) is 1.70. The lowest BCUT2D eigenvalue weighted by Gasteiger charge is -2.12. The normalized spacial score (nSPS) is 10.9. The minimum absolute atomic E-state index is 0. The van der Waals surface area contributed by atoms with Gasteiger partial charge in [-0.1, -0.05) is 18.2 Å². The van der Waals surface area contributed by atoms with Crippen molar-refractivity contribution in [2.45, 2.75) is 26.8 Å². The summed E-state index contributed by atoms with van der Waals surface area (Å²) in [6, 6.07) is 8.07. The van der Waals surface area contributed by atoms with E-state index in [0.717, 1.165) is 35.4 Å². The van der Waals surface area contributed by atoms with Crippen molar-refractivity contribution in [3.63, 3.8) is 0 Å². The van der Waals surface area contributed by atoms with Crippen molar-refractivity contribution in [1.29, 1.82) is 0 Å². The zero-order valence-corrected chi connectivity index (χ0v) is 17.7. The number of aromatic nitrogens is 1. The number of hydrogen-bond acceptors (Lipinski definition) is 4. The van der Waals surface area contributed by atoms with Crippen LogP contribution in [0.2, 0.25) is 0 Å². The zero-order chi connectivity index (χ0) is 16.7. The minimum atomic E-state index is 0. The molecular weight excluding hydrogens is 435 g/mol. The molecule has 1 heterocycles. The molecule has 2 aromatic rings. The van der Waals surface area contributed by atoms with Gasteiger partial charge in [0.05, 0.1) is 19.3 Å². The molecule has 0 bridgehead atoms. The Morgan fingerprint density at radius 1 is 1.25 bits per heavy atom. The standard InChI is InChI=1S/C17H24N4OS.HI/c1-12-13(2)23-16(21-12)11-20-17(18-3)19-10-9-14-7-5-6-8-15(14)22-4;/h5-8H,9-11H2,1-4H3,(H2,18,19,20);1H. The van der Waals surface area contributed by atoms with E-state index in [9.17, 15) is 0 Å². The number of rotatable bonds is 6. The number of guanidine groups is 1. The van der Waals surface area contributed by atoms with E-state index < -0.39 is 0 Å². The number of nitrogens with zero attached hydrogens (tertiary/aromatic N) is 2. The van der Waals surface area contributed by atoms with Crippen molar-refractivity contribution >= 4 is 41.3 Å². The number of benzene rings is 1. The zero-order valence-electron chi connectivity index (χ0n) is 14.5. The molecule has 0 amide bonds. The van der Waals surface area contributed by atoms with E-state index in [1.165, 1.54) is 10.4 Å². The molecule has 0 saturated carbocycles. The van der Waals surface area contributed by atoms with Crippen LogP contribution in [0.3, 0.4) is 0 Å². The van der Waals surface area contributed by atoms with E-state index >= 15 is 0 Å². The van der Waals surface area contributed by atoms with E-state index in [4.69, 9.17) is 4.74 Å². The molecule has 0 aliphatic carbocycles. The highest BCUT2D eigenvalue weighted by Crippen LogP contribution is 2.17. The lowest BCUT2D eigenvalue weighted by Crippen LogP contribution is -2.37. The first-order chi connectivity index (χ1) is 11.1. The number of para-hydroxylation sites is 1. The lowest BCUT2D eigenvalue weighted by molar-refractivity contribution is 0.409. The second-order valence-electron chi connectivity index (χ2n) is 5.16. The topological polar surface area (TPSA) is 58.5 Å². The minimum Gasteiger partial charge on any atom is -0.496 e. The lowest BCUT2D eigenvalue weighted by atomic mass is 10.1. The molecule has 0 saturated heterocycles. The molecule has 5 nitrogen and oxygen atoms in total. The number of ether oxygens (including phenoxy) is 1. The Morgan fingerprint density at radius 3 is 2.62 bits per heavy atom. The Labute approximate surface area is 165 Å². The fraction of sp³-hybridized carbons (Fsp3) is 0.412. The Kier molecular flexibility index (Phi) is 9.05.